The van der Waals surface area contributed by atoms with Gasteiger partial charge in [-0.3, -0.25) is 9.59 Å². The Morgan fingerprint density at radius 3 is 2.67 bits per heavy atom. The van der Waals surface area contributed by atoms with Crippen molar-refractivity contribution in [3.63, 3.8) is 0 Å². The highest BCUT2D eigenvalue weighted by atomic mass is 35.5. The molecular formula is C20H23ClN4O2. The molecule has 0 atom stereocenters. The molecule has 2 amide bonds. The minimum atomic E-state index is -0.208. The maximum atomic E-state index is 12.7. The van der Waals surface area contributed by atoms with Gasteiger partial charge in [-0.1, -0.05) is 23.7 Å². The van der Waals surface area contributed by atoms with Gasteiger partial charge in [0, 0.05) is 24.2 Å². The molecule has 2 N–H and O–H groups in total. The average Bonchev–Trinajstić information content (AvgIpc) is 3.40. The maximum absolute atomic E-state index is 12.7. The molecule has 0 saturated heterocycles. The SMILES string of the molecule is O=C(NCCc1ccc(Cl)cc1)c1nc(C(=O)NC2CC2)n2c1CCCC2. The number of fused-ring (bicyclic) bond motifs is 1. The molecule has 0 unspecified atom stereocenters. The third kappa shape index (κ3) is 4.16. The van der Waals surface area contributed by atoms with Crippen LogP contribution in [0.3, 0.4) is 0 Å². The number of halogens is 1. The van der Waals surface area contributed by atoms with Crippen LogP contribution in [0.4, 0.5) is 0 Å². The fourth-order valence-electron chi connectivity index (χ4n) is 3.43. The lowest BCUT2D eigenvalue weighted by atomic mass is 10.1. The van der Waals surface area contributed by atoms with E-state index in [1.807, 2.05) is 28.8 Å². The van der Waals surface area contributed by atoms with Gasteiger partial charge in [-0.2, -0.15) is 0 Å². The first-order chi connectivity index (χ1) is 13.1. The van der Waals surface area contributed by atoms with Crippen molar-refractivity contribution in [2.75, 3.05) is 6.54 Å². The van der Waals surface area contributed by atoms with Crippen LogP contribution in [0.25, 0.3) is 0 Å². The molecule has 7 heteroatoms. The van der Waals surface area contributed by atoms with Crippen molar-refractivity contribution in [1.29, 1.82) is 0 Å². The Balaban J connectivity index is 1.45. The maximum Gasteiger partial charge on any atom is 0.287 e. The molecular weight excluding hydrogens is 364 g/mol. The Kier molecular flexibility index (Phi) is 5.16. The first-order valence-corrected chi connectivity index (χ1v) is 9.92. The van der Waals surface area contributed by atoms with Crippen molar-refractivity contribution in [1.82, 2.24) is 20.2 Å². The number of hydrogen-bond donors (Lipinski definition) is 2. The lowest BCUT2D eigenvalue weighted by molar-refractivity contribution is 0.0935. The van der Waals surface area contributed by atoms with E-state index in [1.54, 1.807) is 0 Å². The highest BCUT2D eigenvalue weighted by Gasteiger charge is 2.30. The summed E-state index contributed by atoms with van der Waals surface area (Å²) in [5.41, 5.74) is 2.38. The van der Waals surface area contributed by atoms with E-state index in [4.69, 9.17) is 11.6 Å². The summed E-state index contributed by atoms with van der Waals surface area (Å²) >= 11 is 5.89. The predicted molar refractivity (Wildman–Crippen MR) is 103 cm³/mol. The van der Waals surface area contributed by atoms with Crippen LogP contribution in [0.5, 0.6) is 0 Å². The predicted octanol–water partition coefficient (Wildman–Crippen LogP) is 2.74. The Morgan fingerprint density at radius 1 is 1.15 bits per heavy atom. The zero-order chi connectivity index (χ0) is 18.8. The van der Waals surface area contributed by atoms with Gasteiger partial charge in [0.05, 0.1) is 5.69 Å². The summed E-state index contributed by atoms with van der Waals surface area (Å²) in [6.45, 7) is 1.25. The molecule has 0 spiro atoms. The third-order valence-corrected chi connectivity index (χ3v) is 5.31. The number of aromatic nitrogens is 2. The molecule has 1 fully saturated rings. The van der Waals surface area contributed by atoms with Gasteiger partial charge in [0.2, 0.25) is 0 Å². The molecule has 1 aromatic carbocycles. The summed E-state index contributed by atoms with van der Waals surface area (Å²) in [7, 11) is 0. The van der Waals surface area contributed by atoms with E-state index in [-0.39, 0.29) is 17.9 Å². The molecule has 27 heavy (non-hydrogen) atoms. The summed E-state index contributed by atoms with van der Waals surface area (Å²) in [5, 5.41) is 6.61. The number of hydrogen-bond acceptors (Lipinski definition) is 3. The van der Waals surface area contributed by atoms with Gasteiger partial charge in [-0.05, 0) is 56.2 Å². The number of nitrogens with zero attached hydrogens (tertiary/aromatic N) is 2. The van der Waals surface area contributed by atoms with Gasteiger partial charge in [-0.25, -0.2) is 4.98 Å². The van der Waals surface area contributed by atoms with Crippen molar-refractivity contribution < 1.29 is 9.59 Å². The molecule has 1 aliphatic carbocycles. The van der Waals surface area contributed by atoms with Gasteiger partial charge in [0.15, 0.2) is 5.82 Å². The van der Waals surface area contributed by atoms with E-state index in [1.165, 1.54) is 0 Å². The zero-order valence-electron chi connectivity index (χ0n) is 15.1. The molecule has 1 aromatic heterocycles. The van der Waals surface area contributed by atoms with E-state index in [9.17, 15) is 9.59 Å². The highest BCUT2D eigenvalue weighted by Crippen LogP contribution is 2.23. The number of imidazole rings is 1. The molecule has 142 valence electrons. The van der Waals surface area contributed by atoms with Gasteiger partial charge in [0.1, 0.15) is 5.69 Å². The summed E-state index contributed by atoms with van der Waals surface area (Å²) in [4.78, 5) is 29.6. The molecule has 4 rings (SSSR count). The second-order valence-corrected chi connectivity index (χ2v) is 7.66. The van der Waals surface area contributed by atoms with Crippen molar-refractivity contribution in [3.8, 4) is 0 Å². The standard InChI is InChI=1S/C20H23ClN4O2/c21-14-6-4-13(5-7-14)10-11-22-19(26)17-16-3-1-2-12-25(16)18(24-17)20(27)23-15-8-9-15/h4-7,15H,1-3,8-12H2,(H,22,26)(H,23,27). The fraction of sp³-hybridized carbons (Fsp3) is 0.450. The number of carbonyl (C=O) groups excluding carboxylic acids is 2. The number of rotatable bonds is 6. The lowest BCUT2D eigenvalue weighted by Crippen LogP contribution is -2.29. The van der Waals surface area contributed by atoms with Gasteiger partial charge >= 0.3 is 0 Å². The molecule has 0 bridgehead atoms. The number of nitrogens with one attached hydrogen (secondary N) is 2. The van der Waals surface area contributed by atoms with Gasteiger partial charge in [-0.15, -0.1) is 0 Å². The van der Waals surface area contributed by atoms with Crippen LogP contribution in [0.2, 0.25) is 5.02 Å². The fourth-order valence-corrected chi connectivity index (χ4v) is 3.56. The second-order valence-electron chi connectivity index (χ2n) is 7.22. The first-order valence-electron chi connectivity index (χ1n) is 9.55. The molecule has 6 nitrogen and oxygen atoms in total. The van der Waals surface area contributed by atoms with E-state index in [2.05, 4.69) is 15.6 Å². The Bertz CT molecular complexity index is 856. The van der Waals surface area contributed by atoms with Crippen LogP contribution in [-0.2, 0) is 19.4 Å². The Labute approximate surface area is 163 Å². The third-order valence-electron chi connectivity index (χ3n) is 5.06. The van der Waals surface area contributed by atoms with E-state index in [0.717, 1.165) is 49.9 Å². The summed E-state index contributed by atoms with van der Waals surface area (Å²) < 4.78 is 1.93. The van der Waals surface area contributed by atoms with Crippen molar-refractivity contribution >= 4 is 23.4 Å². The quantitative estimate of drug-likeness (QED) is 0.801. The number of amides is 2. The molecule has 1 saturated carbocycles. The van der Waals surface area contributed by atoms with E-state index >= 15 is 0 Å². The molecule has 0 radical (unpaired) electrons. The molecule has 2 aliphatic rings. The monoisotopic (exact) mass is 386 g/mol. The van der Waals surface area contributed by atoms with Crippen LogP contribution in [0.1, 0.15) is 58.0 Å². The molecule has 1 aliphatic heterocycles. The van der Waals surface area contributed by atoms with Crippen LogP contribution >= 0.6 is 11.6 Å². The Hall–Kier alpha value is -2.34. The minimum Gasteiger partial charge on any atom is -0.350 e. The molecule has 2 aromatic rings. The smallest absolute Gasteiger partial charge is 0.287 e. The van der Waals surface area contributed by atoms with Gasteiger partial charge < -0.3 is 15.2 Å². The van der Waals surface area contributed by atoms with Crippen molar-refractivity contribution in [3.05, 3.63) is 52.1 Å². The topological polar surface area (TPSA) is 76.0 Å². The van der Waals surface area contributed by atoms with Crippen LogP contribution in [-0.4, -0.2) is 34.0 Å². The molecule has 2 heterocycles. The van der Waals surface area contributed by atoms with Crippen molar-refractivity contribution in [2.24, 2.45) is 0 Å². The normalized spacial score (nSPS) is 15.9. The van der Waals surface area contributed by atoms with Crippen LogP contribution in [0, 0.1) is 0 Å². The summed E-state index contributed by atoms with van der Waals surface area (Å²) in [6, 6.07) is 7.86. The van der Waals surface area contributed by atoms with Crippen LogP contribution < -0.4 is 10.6 Å². The van der Waals surface area contributed by atoms with E-state index < -0.39 is 0 Å². The largest absolute Gasteiger partial charge is 0.350 e. The zero-order valence-corrected chi connectivity index (χ0v) is 15.9. The number of carbonyl (C=O) groups is 2. The minimum absolute atomic E-state index is 0.166. The van der Waals surface area contributed by atoms with Crippen LogP contribution in [0.15, 0.2) is 24.3 Å². The first kappa shape index (κ1) is 18.0. The number of benzene rings is 1. The lowest BCUT2D eigenvalue weighted by Gasteiger charge is -2.17. The van der Waals surface area contributed by atoms with Crippen molar-refractivity contribution in [2.45, 2.75) is 51.1 Å². The summed E-state index contributed by atoms with van der Waals surface area (Å²) in [5.74, 6) is 0.000371. The highest BCUT2D eigenvalue weighted by molar-refractivity contribution is 6.30. The summed E-state index contributed by atoms with van der Waals surface area (Å²) in [6.07, 6.45) is 5.57. The van der Waals surface area contributed by atoms with E-state index in [0.29, 0.717) is 29.5 Å². The van der Waals surface area contributed by atoms with Gasteiger partial charge in [0.25, 0.3) is 11.8 Å². The Morgan fingerprint density at radius 2 is 1.93 bits per heavy atom. The average molecular weight is 387 g/mol. The second kappa shape index (κ2) is 7.72.